The lowest BCUT2D eigenvalue weighted by Crippen LogP contribution is -2.61. The van der Waals surface area contributed by atoms with Crippen LogP contribution in [0.2, 0.25) is 0 Å². The molecule has 0 aromatic heterocycles. The maximum atomic E-state index is 14.9. The van der Waals surface area contributed by atoms with E-state index in [1.165, 1.54) is 44.2 Å². The molecule has 7 rings (SSSR count). The van der Waals surface area contributed by atoms with Crippen molar-refractivity contribution in [1.82, 2.24) is 9.03 Å². The van der Waals surface area contributed by atoms with Crippen LogP contribution in [0.25, 0.3) is 0 Å². The molecule has 5 saturated carbocycles. The van der Waals surface area contributed by atoms with Crippen LogP contribution in [0.1, 0.15) is 66.8 Å². The Kier molecular flexibility index (Phi) is 4.67. The number of amides is 1. The molecule has 1 N–H and O–H groups in total. The summed E-state index contributed by atoms with van der Waals surface area (Å²) < 4.78 is 73.8. The standard InChI is InChI=1S/C23H27F3N2O4S/c24-19-7-20(32-12-22-8-13-3-14(9-22)5-16(22)4-13)17(15-1-2-15)6-18(19)21(29)27-33(30,31)28-10-23(25,26)11-28/h6-7,13-16H,1-5,8-12H2,(H,27,29). The van der Waals surface area contributed by atoms with Crippen molar-refractivity contribution in [3.8, 4) is 5.75 Å². The highest BCUT2D eigenvalue weighted by Gasteiger charge is 2.58. The van der Waals surface area contributed by atoms with Crippen molar-refractivity contribution >= 4 is 16.1 Å². The number of carbonyl (C=O) groups excluding carboxylic acids is 1. The fourth-order valence-electron chi connectivity index (χ4n) is 6.88. The Labute approximate surface area is 191 Å². The third kappa shape index (κ3) is 3.73. The van der Waals surface area contributed by atoms with Crippen molar-refractivity contribution in [3.63, 3.8) is 0 Å². The number of carbonyl (C=O) groups is 1. The minimum absolute atomic E-state index is 0.145. The normalized spacial score (nSPS) is 34.3. The van der Waals surface area contributed by atoms with Gasteiger partial charge in [-0.05, 0) is 80.2 Å². The molecule has 1 aromatic carbocycles. The fourth-order valence-corrected chi connectivity index (χ4v) is 8.07. The molecule has 6 nitrogen and oxygen atoms in total. The maximum Gasteiger partial charge on any atom is 0.304 e. The van der Waals surface area contributed by atoms with E-state index in [0.717, 1.165) is 24.7 Å². The smallest absolute Gasteiger partial charge is 0.304 e. The van der Waals surface area contributed by atoms with E-state index in [1.807, 2.05) is 0 Å². The Morgan fingerprint density at radius 1 is 1.12 bits per heavy atom. The number of alkyl halides is 2. The van der Waals surface area contributed by atoms with E-state index in [4.69, 9.17) is 4.74 Å². The highest BCUT2D eigenvalue weighted by molar-refractivity contribution is 7.87. The summed E-state index contributed by atoms with van der Waals surface area (Å²) in [6.45, 7) is -1.45. The van der Waals surface area contributed by atoms with Gasteiger partial charge in [0.05, 0.1) is 25.3 Å². The number of ether oxygens (including phenoxy) is 1. The quantitative estimate of drug-likeness (QED) is 0.638. The van der Waals surface area contributed by atoms with Gasteiger partial charge in [-0.25, -0.2) is 17.9 Å². The van der Waals surface area contributed by atoms with Crippen molar-refractivity contribution in [1.29, 1.82) is 0 Å². The van der Waals surface area contributed by atoms with Gasteiger partial charge in [-0.3, -0.25) is 4.79 Å². The third-order valence-electron chi connectivity index (χ3n) is 8.41. The zero-order chi connectivity index (χ0) is 23.2. The third-order valence-corrected chi connectivity index (χ3v) is 9.79. The van der Waals surface area contributed by atoms with Crippen LogP contribution in [0, 0.1) is 29.0 Å². The van der Waals surface area contributed by atoms with E-state index in [0.29, 0.717) is 28.1 Å². The van der Waals surface area contributed by atoms with Gasteiger partial charge in [-0.15, -0.1) is 0 Å². The molecule has 1 heterocycles. The first-order chi connectivity index (χ1) is 15.5. The summed E-state index contributed by atoms with van der Waals surface area (Å²) in [5.41, 5.74) is 0.469. The molecule has 0 spiro atoms. The highest BCUT2D eigenvalue weighted by atomic mass is 32.2. The number of benzene rings is 1. The predicted molar refractivity (Wildman–Crippen MR) is 113 cm³/mol. The lowest BCUT2D eigenvalue weighted by molar-refractivity contribution is -0.0948. The number of nitrogens with zero attached hydrogens (tertiary/aromatic N) is 1. The van der Waals surface area contributed by atoms with Gasteiger partial charge in [0, 0.05) is 11.5 Å². The molecule has 1 aromatic rings. The van der Waals surface area contributed by atoms with Crippen molar-refractivity contribution in [2.45, 2.75) is 56.8 Å². The lowest BCUT2D eigenvalue weighted by Gasteiger charge is -2.37. The highest BCUT2D eigenvalue weighted by Crippen LogP contribution is 2.65. The van der Waals surface area contributed by atoms with E-state index in [1.54, 1.807) is 4.72 Å². The first-order valence-corrected chi connectivity index (χ1v) is 13.1. The molecule has 6 fully saturated rings. The topological polar surface area (TPSA) is 75.7 Å². The average Bonchev–Trinajstić information content (AvgIpc) is 3.47. The zero-order valence-electron chi connectivity index (χ0n) is 18.2. The molecule has 1 aliphatic heterocycles. The van der Waals surface area contributed by atoms with Gasteiger partial charge in [-0.1, -0.05) is 0 Å². The van der Waals surface area contributed by atoms with Crippen LogP contribution >= 0.6 is 0 Å². The molecule has 2 unspecified atom stereocenters. The molecule has 180 valence electrons. The van der Waals surface area contributed by atoms with Gasteiger partial charge in [-0.2, -0.15) is 12.7 Å². The van der Waals surface area contributed by atoms with E-state index in [9.17, 15) is 26.4 Å². The number of hydrogen-bond donors (Lipinski definition) is 1. The summed E-state index contributed by atoms with van der Waals surface area (Å²) in [4.78, 5) is 12.6. The first-order valence-electron chi connectivity index (χ1n) is 11.7. The number of hydrogen-bond acceptors (Lipinski definition) is 4. The molecule has 4 bridgehead atoms. The molecular formula is C23H27F3N2O4S. The zero-order valence-corrected chi connectivity index (χ0v) is 19.0. The van der Waals surface area contributed by atoms with Gasteiger partial charge in [0.2, 0.25) is 0 Å². The van der Waals surface area contributed by atoms with E-state index in [-0.39, 0.29) is 11.3 Å². The lowest BCUT2D eigenvalue weighted by atomic mass is 9.76. The van der Waals surface area contributed by atoms with E-state index < -0.39 is 46.5 Å². The molecule has 1 amide bonds. The summed E-state index contributed by atoms with van der Waals surface area (Å²) >= 11 is 0. The summed E-state index contributed by atoms with van der Waals surface area (Å²) in [5.74, 6) is -2.34. The van der Waals surface area contributed by atoms with Crippen LogP contribution in [-0.4, -0.2) is 44.2 Å². The molecule has 5 aliphatic carbocycles. The van der Waals surface area contributed by atoms with Crippen LogP contribution in [0.5, 0.6) is 5.75 Å². The van der Waals surface area contributed by atoms with Gasteiger partial charge >= 0.3 is 10.2 Å². The van der Waals surface area contributed by atoms with Crippen molar-refractivity contribution in [3.05, 3.63) is 29.1 Å². The van der Waals surface area contributed by atoms with E-state index >= 15 is 0 Å². The van der Waals surface area contributed by atoms with Crippen LogP contribution in [0.3, 0.4) is 0 Å². The monoisotopic (exact) mass is 484 g/mol. The Morgan fingerprint density at radius 2 is 1.79 bits per heavy atom. The van der Waals surface area contributed by atoms with Gasteiger partial charge in [0.1, 0.15) is 11.6 Å². The first kappa shape index (κ1) is 21.7. The van der Waals surface area contributed by atoms with Gasteiger partial charge in [0.25, 0.3) is 11.8 Å². The molecule has 6 aliphatic rings. The molecule has 10 heteroatoms. The maximum absolute atomic E-state index is 14.9. The number of halogens is 3. The SMILES string of the molecule is O=C(NS(=O)(=O)N1CC(F)(F)C1)c1cc(C2CC2)c(OCC23CC4CC(CC2C4)C3)cc1F. The summed E-state index contributed by atoms with van der Waals surface area (Å²) in [6, 6.07) is 2.55. The van der Waals surface area contributed by atoms with Crippen molar-refractivity contribution in [2.75, 3.05) is 19.7 Å². The molecule has 1 saturated heterocycles. The molecular weight excluding hydrogens is 457 g/mol. The van der Waals surface area contributed by atoms with Crippen LogP contribution in [0.4, 0.5) is 13.2 Å². The second kappa shape index (κ2) is 7.10. The predicted octanol–water partition coefficient (Wildman–Crippen LogP) is 3.83. The summed E-state index contributed by atoms with van der Waals surface area (Å²) in [6.07, 6.45) is 7.97. The minimum atomic E-state index is -4.46. The minimum Gasteiger partial charge on any atom is -0.493 e. The Hall–Kier alpha value is -1.81. The number of rotatable bonds is 7. The van der Waals surface area contributed by atoms with Crippen molar-refractivity contribution in [2.24, 2.45) is 23.2 Å². The summed E-state index contributed by atoms with van der Waals surface area (Å²) in [5, 5.41) is 0. The average molecular weight is 485 g/mol. The fraction of sp³-hybridized carbons (Fsp3) is 0.696. The molecule has 0 radical (unpaired) electrons. The van der Waals surface area contributed by atoms with Crippen molar-refractivity contribution < 1.29 is 31.1 Å². The Morgan fingerprint density at radius 3 is 2.39 bits per heavy atom. The van der Waals surface area contributed by atoms with Crippen LogP contribution in [0.15, 0.2) is 12.1 Å². The van der Waals surface area contributed by atoms with Gasteiger partial charge in [0.15, 0.2) is 0 Å². The Balaban J connectivity index is 1.20. The second-order valence-corrected chi connectivity index (χ2v) is 12.6. The number of nitrogens with one attached hydrogen (secondary N) is 1. The largest absolute Gasteiger partial charge is 0.493 e. The van der Waals surface area contributed by atoms with Gasteiger partial charge < -0.3 is 4.74 Å². The van der Waals surface area contributed by atoms with Crippen LogP contribution < -0.4 is 9.46 Å². The summed E-state index contributed by atoms with van der Waals surface area (Å²) in [7, 11) is -4.46. The van der Waals surface area contributed by atoms with Crippen LogP contribution in [-0.2, 0) is 10.2 Å². The second-order valence-electron chi connectivity index (χ2n) is 10.9. The van der Waals surface area contributed by atoms with E-state index in [2.05, 4.69) is 0 Å². The Bertz CT molecular complexity index is 1100. The molecule has 2 atom stereocenters. The molecule has 33 heavy (non-hydrogen) atoms.